The first-order valence-corrected chi connectivity index (χ1v) is 3.59. The molecule has 1 aromatic carbocycles. The molecule has 2 N–H and O–H groups in total. The van der Waals surface area contributed by atoms with Crippen molar-refractivity contribution in [2.45, 2.75) is 6.04 Å². The fourth-order valence-corrected chi connectivity index (χ4v) is 0.928. The van der Waals surface area contributed by atoms with Crippen molar-refractivity contribution >= 4 is 0 Å². The molecule has 0 aromatic heterocycles. The normalized spacial score (nSPS) is 12.1. The topological polar surface area (TPSA) is 49.8 Å². The molecule has 0 radical (unpaired) electrons. The van der Waals surface area contributed by atoms with Gasteiger partial charge in [0.25, 0.3) is 0 Å². The van der Waals surface area contributed by atoms with Crippen LogP contribution in [0.25, 0.3) is 0 Å². The van der Waals surface area contributed by atoms with Crippen molar-refractivity contribution in [3.63, 3.8) is 0 Å². The molecular weight excluding hydrogens is 155 g/mol. The largest absolute Gasteiger partial charge is 0.322 e. The van der Waals surface area contributed by atoms with Crippen LogP contribution in [0, 0.1) is 11.3 Å². The minimum Gasteiger partial charge on any atom is -0.322 e. The number of nitrogens with two attached hydrogens (primary N) is 1. The number of benzene rings is 1. The van der Waals surface area contributed by atoms with Gasteiger partial charge in [-0.05, 0) is 17.7 Å². The molecule has 0 heterocycles. The Hall–Kier alpha value is -1.40. The third kappa shape index (κ3) is 1.80. The number of nitrogens with zero attached hydrogens (tertiary/aromatic N) is 1. The average molecular weight is 164 g/mol. The SMILES string of the molecule is N#Cc1cccc(C(N)CF)c1. The van der Waals surface area contributed by atoms with Crippen LogP contribution in [-0.2, 0) is 0 Å². The molecule has 0 amide bonds. The smallest absolute Gasteiger partial charge is 0.109 e. The summed E-state index contributed by atoms with van der Waals surface area (Å²) in [4.78, 5) is 0. The van der Waals surface area contributed by atoms with Crippen LogP contribution in [0.15, 0.2) is 24.3 Å². The summed E-state index contributed by atoms with van der Waals surface area (Å²) < 4.78 is 12.1. The Morgan fingerprint density at radius 1 is 1.58 bits per heavy atom. The molecule has 62 valence electrons. The molecule has 0 aliphatic rings. The van der Waals surface area contributed by atoms with E-state index in [-0.39, 0.29) is 0 Å². The van der Waals surface area contributed by atoms with Gasteiger partial charge in [0.1, 0.15) is 6.67 Å². The van der Waals surface area contributed by atoms with E-state index in [1.165, 1.54) is 0 Å². The molecule has 0 fully saturated rings. The highest BCUT2D eigenvalue weighted by Gasteiger charge is 2.04. The Bertz CT molecular complexity index is 304. The Morgan fingerprint density at radius 3 is 2.92 bits per heavy atom. The third-order valence-electron chi connectivity index (χ3n) is 1.61. The minimum absolute atomic E-state index is 0.511. The Balaban J connectivity index is 2.95. The maximum absolute atomic E-state index is 12.1. The van der Waals surface area contributed by atoms with E-state index in [9.17, 15) is 4.39 Å². The van der Waals surface area contributed by atoms with E-state index in [1.807, 2.05) is 6.07 Å². The summed E-state index contributed by atoms with van der Waals surface area (Å²) in [5, 5.41) is 8.53. The fraction of sp³-hybridized carbons (Fsp3) is 0.222. The molecule has 1 atom stereocenters. The van der Waals surface area contributed by atoms with Gasteiger partial charge >= 0.3 is 0 Å². The molecule has 1 aromatic rings. The first kappa shape index (κ1) is 8.69. The van der Waals surface area contributed by atoms with E-state index in [1.54, 1.807) is 24.3 Å². The van der Waals surface area contributed by atoms with Gasteiger partial charge in [-0.3, -0.25) is 0 Å². The lowest BCUT2D eigenvalue weighted by Crippen LogP contribution is -2.11. The van der Waals surface area contributed by atoms with E-state index in [0.29, 0.717) is 11.1 Å². The van der Waals surface area contributed by atoms with E-state index in [2.05, 4.69) is 0 Å². The second-order valence-corrected chi connectivity index (χ2v) is 2.50. The van der Waals surface area contributed by atoms with Gasteiger partial charge in [-0.1, -0.05) is 12.1 Å². The highest BCUT2D eigenvalue weighted by atomic mass is 19.1. The van der Waals surface area contributed by atoms with Crippen LogP contribution in [0.4, 0.5) is 4.39 Å². The van der Waals surface area contributed by atoms with Crippen molar-refractivity contribution in [2.75, 3.05) is 6.67 Å². The summed E-state index contributed by atoms with van der Waals surface area (Å²) in [7, 11) is 0. The van der Waals surface area contributed by atoms with Gasteiger partial charge in [0.05, 0.1) is 17.7 Å². The molecule has 2 nitrogen and oxygen atoms in total. The standard InChI is InChI=1S/C9H9FN2/c10-5-9(12)8-3-1-2-7(4-8)6-11/h1-4,9H,5,12H2. The lowest BCUT2D eigenvalue weighted by molar-refractivity contribution is 0.437. The molecule has 0 aliphatic heterocycles. The summed E-state index contributed by atoms with van der Waals surface area (Å²) in [5.41, 5.74) is 6.61. The number of rotatable bonds is 2. The molecule has 1 rings (SSSR count). The second kappa shape index (κ2) is 3.84. The van der Waals surface area contributed by atoms with Crippen LogP contribution >= 0.6 is 0 Å². The molecule has 0 aliphatic carbocycles. The number of alkyl halides is 1. The van der Waals surface area contributed by atoms with Crippen molar-refractivity contribution in [1.82, 2.24) is 0 Å². The zero-order chi connectivity index (χ0) is 8.97. The minimum atomic E-state index is -0.613. The molecular formula is C9H9FN2. The zero-order valence-corrected chi connectivity index (χ0v) is 6.50. The van der Waals surface area contributed by atoms with E-state index < -0.39 is 12.7 Å². The maximum atomic E-state index is 12.1. The van der Waals surface area contributed by atoms with Crippen molar-refractivity contribution in [1.29, 1.82) is 5.26 Å². The van der Waals surface area contributed by atoms with E-state index in [4.69, 9.17) is 11.0 Å². The lowest BCUT2D eigenvalue weighted by atomic mass is 10.1. The maximum Gasteiger partial charge on any atom is 0.109 e. The molecule has 0 saturated carbocycles. The van der Waals surface area contributed by atoms with Crippen LogP contribution in [0.3, 0.4) is 0 Å². The summed E-state index contributed by atoms with van der Waals surface area (Å²) >= 11 is 0. The summed E-state index contributed by atoms with van der Waals surface area (Å²) in [6, 6.07) is 8.03. The van der Waals surface area contributed by atoms with Gasteiger partial charge in [0.15, 0.2) is 0 Å². The second-order valence-electron chi connectivity index (χ2n) is 2.50. The van der Waals surface area contributed by atoms with Gasteiger partial charge in [-0.2, -0.15) is 5.26 Å². The van der Waals surface area contributed by atoms with E-state index in [0.717, 1.165) is 0 Å². The summed E-state index contributed by atoms with van der Waals surface area (Å²) in [6.45, 7) is -0.602. The van der Waals surface area contributed by atoms with Gasteiger partial charge in [0.2, 0.25) is 0 Å². The van der Waals surface area contributed by atoms with Crippen LogP contribution in [0.5, 0.6) is 0 Å². The summed E-state index contributed by atoms with van der Waals surface area (Å²) in [6.07, 6.45) is 0. The van der Waals surface area contributed by atoms with E-state index >= 15 is 0 Å². The zero-order valence-electron chi connectivity index (χ0n) is 6.50. The first-order valence-electron chi connectivity index (χ1n) is 3.59. The monoisotopic (exact) mass is 164 g/mol. The van der Waals surface area contributed by atoms with Crippen LogP contribution in [0.1, 0.15) is 17.2 Å². The third-order valence-corrected chi connectivity index (χ3v) is 1.61. The predicted octanol–water partition coefficient (Wildman–Crippen LogP) is 1.53. The van der Waals surface area contributed by atoms with Crippen molar-refractivity contribution in [2.24, 2.45) is 5.73 Å². The highest BCUT2D eigenvalue weighted by Crippen LogP contribution is 2.11. The van der Waals surface area contributed by atoms with Crippen LogP contribution in [-0.4, -0.2) is 6.67 Å². The Labute approximate surface area is 70.4 Å². The summed E-state index contributed by atoms with van der Waals surface area (Å²) in [5.74, 6) is 0. The molecule has 0 spiro atoms. The molecule has 12 heavy (non-hydrogen) atoms. The number of hydrogen-bond acceptors (Lipinski definition) is 2. The quantitative estimate of drug-likeness (QED) is 0.720. The number of hydrogen-bond donors (Lipinski definition) is 1. The number of halogens is 1. The molecule has 3 heteroatoms. The lowest BCUT2D eigenvalue weighted by Gasteiger charge is -2.06. The molecule has 1 unspecified atom stereocenters. The molecule has 0 bridgehead atoms. The predicted molar refractivity (Wildman–Crippen MR) is 44.1 cm³/mol. The van der Waals surface area contributed by atoms with Crippen molar-refractivity contribution in [3.05, 3.63) is 35.4 Å². The van der Waals surface area contributed by atoms with Gasteiger partial charge in [-0.25, -0.2) is 4.39 Å². The highest BCUT2D eigenvalue weighted by molar-refractivity contribution is 5.34. The average Bonchev–Trinajstić information content (AvgIpc) is 2.17. The van der Waals surface area contributed by atoms with Crippen molar-refractivity contribution < 1.29 is 4.39 Å². The van der Waals surface area contributed by atoms with Crippen LogP contribution in [0.2, 0.25) is 0 Å². The van der Waals surface area contributed by atoms with Crippen LogP contribution < -0.4 is 5.73 Å². The Kier molecular flexibility index (Phi) is 2.78. The van der Waals surface area contributed by atoms with Crippen molar-refractivity contribution in [3.8, 4) is 6.07 Å². The number of nitriles is 1. The molecule has 0 saturated heterocycles. The Morgan fingerprint density at radius 2 is 2.33 bits per heavy atom. The van der Waals surface area contributed by atoms with Gasteiger partial charge in [0, 0.05) is 0 Å². The van der Waals surface area contributed by atoms with Gasteiger partial charge in [-0.15, -0.1) is 0 Å². The van der Waals surface area contributed by atoms with Gasteiger partial charge < -0.3 is 5.73 Å². The first-order chi connectivity index (χ1) is 5.77. The fourth-order valence-electron chi connectivity index (χ4n) is 0.928.